The molecule has 0 radical (unpaired) electrons. The largest absolute Gasteiger partial charge is 0.465 e. The fraction of sp³-hybridized carbons (Fsp3) is 0.750. The van der Waals surface area contributed by atoms with E-state index >= 15 is 0 Å². The number of carboxylic acid groups (broad SMARTS) is 1. The predicted octanol–water partition coefficient (Wildman–Crippen LogP) is 0.164. The molecule has 4 atom stereocenters. The maximum Gasteiger partial charge on any atom is 0.405 e. The van der Waals surface area contributed by atoms with Gasteiger partial charge in [0.2, 0.25) is 17.7 Å². The number of carbonyl (C=O) groups excluding carboxylic acids is 4. The van der Waals surface area contributed by atoms with E-state index in [1.807, 2.05) is 20.8 Å². The minimum Gasteiger partial charge on any atom is -0.465 e. The van der Waals surface area contributed by atoms with Crippen LogP contribution in [-0.4, -0.2) is 59.9 Å². The number of aldehydes is 1. The molecule has 1 aliphatic heterocycles. The summed E-state index contributed by atoms with van der Waals surface area (Å²) in [6, 6.07) is -2.70. The van der Waals surface area contributed by atoms with E-state index in [0.717, 1.165) is 12.8 Å². The van der Waals surface area contributed by atoms with Crippen LogP contribution in [0.1, 0.15) is 52.9 Å². The Morgan fingerprint density at radius 3 is 2.27 bits per heavy atom. The summed E-state index contributed by atoms with van der Waals surface area (Å²) in [5.41, 5.74) is -0.313. The quantitative estimate of drug-likeness (QED) is 0.315. The molecule has 0 spiro atoms. The zero-order valence-electron chi connectivity index (χ0n) is 17.7. The van der Waals surface area contributed by atoms with Crippen LogP contribution in [0.3, 0.4) is 0 Å². The Balaban J connectivity index is 2.05. The molecule has 5 N–H and O–H groups in total. The third kappa shape index (κ3) is 7.31. The van der Waals surface area contributed by atoms with Gasteiger partial charge in [-0.2, -0.15) is 0 Å². The van der Waals surface area contributed by atoms with Crippen molar-refractivity contribution in [3.63, 3.8) is 0 Å². The summed E-state index contributed by atoms with van der Waals surface area (Å²) in [6.07, 6.45) is 1.88. The number of hydrogen-bond donors (Lipinski definition) is 5. The fourth-order valence-electron chi connectivity index (χ4n) is 3.65. The van der Waals surface area contributed by atoms with Crippen molar-refractivity contribution >= 4 is 30.1 Å². The van der Waals surface area contributed by atoms with Crippen molar-refractivity contribution < 1.29 is 29.1 Å². The van der Waals surface area contributed by atoms with Gasteiger partial charge in [0, 0.05) is 12.5 Å². The van der Waals surface area contributed by atoms with E-state index in [2.05, 4.69) is 21.3 Å². The highest BCUT2D eigenvalue weighted by Crippen LogP contribution is 2.33. The van der Waals surface area contributed by atoms with Gasteiger partial charge >= 0.3 is 6.09 Å². The molecule has 0 unspecified atom stereocenters. The SMILES string of the molecule is CC(C)(C)C[C@H](NC(=O)[C@@H](NC(=O)O)C1CC1)C(=O)N[C@H](C=O)C[C@@H]1CCNC1=O. The van der Waals surface area contributed by atoms with Gasteiger partial charge in [0.1, 0.15) is 18.4 Å². The minimum atomic E-state index is -1.30. The average Bonchev–Trinajstić information content (AvgIpc) is 3.40. The number of nitrogens with one attached hydrogen (secondary N) is 4. The second-order valence-corrected chi connectivity index (χ2v) is 9.35. The Bertz CT molecular complexity index is 685. The lowest BCUT2D eigenvalue weighted by atomic mass is 9.87. The average molecular weight is 424 g/mol. The maximum absolute atomic E-state index is 12.9. The van der Waals surface area contributed by atoms with Crippen LogP contribution < -0.4 is 21.3 Å². The molecule has 2 fully saturated rings. The second kappa shape index (κ2) is 9.90. The van der Waals surface area contributed by atoms with Gasteiger partial charge in [-0.3, -0.25) is 14.4 Å². The van der Waals surface area contributed by atoms with Gasteiger partial charge in [0.25, 0.3) is 0 Å². The number of rotatable bonds is 10. The van der Waals surface area contributed by atoms with Crippen LogP contribution in [0.15, 0.2) is 0 Å². The van der Waals surface area contributed by atoms with Crippen LogP contribution >= 0.6 is 0 Å². The topological polar surface area (TPSA) is 154 Å². The highest BCUT2D eigenvalue weighted by atomic mass is 16.4. The Morgan fingerprint density at radius 2 is 1.80 bits per heavy atom. The first-order valence-corrected chi connectivity index (χ1v) is 10.3. The summed E-state index contributed by atoms with van der Waals surface area (Å²) >= 11 is 0. The van der Waals surface area contributed by atoms with Crippen molar-refractivity contribution in [1.82, 2.24) is 21.3 Å². The lowest BCUT2D eigenvalue weighted by Gasteiger charge is -2.29. The van der Waals surface area contributed by atoms with E-state index < -0.39 is 36.0 Å². The lowest BCUT2D eigenvalue weighted by molar-refractivity contribution is -0.132. The number of amides is 4. The van der Waals surface area contributed by atoms with E-state index in [4.69, 9.17) is 5.11 Å². The van der Waals surface area contributed by atoms with Crippen LogP contribution in [0.25, 0.3) is 0 Å². The molecule has 1 aliphatic carbocycles. The molecule has 1 saturated carbocycles. The van der Waals surface area contributed by atoms with E-state index in [1.165, 1.54) is 0 Å². The molecule has 0 aromatic carbocycles. The van der Waals surface area contributed by atoms with Gasteiger partial charge in [-0.05, 0) is 43.4 Å². The molecule has 168 valence electrons. The summed E-state index contributed by atoms with van der Waals surface area (Å²) < 4.78 is 0. The van der Waals surface area contributed by atoms with Crippen molar-refractivity contribution in [3.8, 4) is 0 Å². The minimum absolute atomic E-state index is 0.0805. The first-order chi connectivity index (χ1) is 14.0. The van der Waals surface area contributed by atoms with Gasteiger partial charge in [0.05, 0.1) is 6.04 Å². The zero-order valence-corrected chi connectivity index (χ0v) is 17.7. The number of carbonyl (C=O) groups is 5. The molecule has 1 saturated heterocycles. The van der Waals surface area contributed by atoms with Crippen molar-refractivity contribution in [2.75, 3.05) is 6.54 Å². The van der Waals surface area contributed by atoms with E-state index in [-0.39, 0.29) is 29.6 Å². The smallest absolute Gasteiger partial charge is 0.405 e. The fourth-order valence-corrected chi connectivity index (χ4v) is 3.65. The van der Waals surface area contributed by atoms with Crippen LogP contribution in [0.2, 0.25) is 0 Å². The van der Waals surface area contributed by atoms with Gasteiger partial charge in [-0.1, -0.05) is 20.8 Å². The predicted molar refractivity (Wildman–Crippen MR) is 107 cm³/mol. The van der Waals surface area contributed by atoms with E-state index in [0.29, 0.717) is 25.7 Å². The first kappa shape index (κ1) is 23.6. The molecule has 1 heterocycles. The summed E-state index contributed by atoms with van der Waals surface area (Å²) in [5.74, 6) is -1.64. The van der Waals surface area contributed by atoms with Crippen molar-refractivity contribution in [2.45, 2.75) is 71.0 Å². The van der Waals surface area contributed by atoms with Gasteiger partial charge in [-0.25, -0.2) is 4.79 Å². The van der Waals surface area contributed by atoms with Crippen molar-refractivity contribution in [3.05, 3.63) is 0 Å². The van der Waals surface area contributed by atoms with Crippen LogP contribution in [-0.2, 0) is 19.2 Å². The third-order valence-electron chi connectivity index (χ3n) is 5.30. The summed E-state index contributed by atoms with van der Waals surface area (Å²) in [7, 11) is 0. The Hall–Kier alpha value is -2.65. The summed E-state index contributed by atoms with van der Waals surface area (Å²) in [6.45, 7) is 6.28. The summed E-state index contributed by atoms with van der Waals surface area (Å²) in [4.78, 5) is 59.9. The molecular weight excluding hydrogens is 392 g/mol. The normalized spacial score (nSPS) is 21.7. The second-order valence-electron chi connectivity index (χ2n) is 9.35. The monoisotopic (exact) mass is 424 g/mol. The molecule has 30 heavy (non-hydrogen) atoms. The highest BCUT2D eigenvalue weighted by molar-refractivity contribution is 5.92. The Kier molecular flexibility index (Phi) is 7.80. The molecule has 0 bridgehead atoms. The molecule has 2 rings (SSSR count). The van der Waals surface area contributed by atoms with E-state index in [9.17, 15) is 24.0 Å². The molecule has 4 amide bonds. The molecule has 10 nitrogen and oxygen atoms in total. The van der Waals surface area contributed by atoms with Crippen molar-refractivity contribution in [1.29, 1.82) is 0 Å². The number of hydrogen-bond acceptors (Lipinski definition) is 5. The Morgan fingerprint density at radius 1 is 1.13 bits per heavy atom. The molecule has 0 aromatic rings. The van der Waals surface area contributed by atoms with Gasteiger partial charge in [0.15, 0.2) is 0 Å². The zero-order chi connectivity index (χ0) is 22.5. The van der Waals surface area contributed by atoms with Gasteiger partial charge in [-0.15, -0.1) is 0 Å². The van der Waals surface area contributed by atoms with Crippen molar-refractivity contribution in [2.24, 2.45) is 17.3 Å². The molecule has 2 aliphatic rings. The first-order valence-electron chi connectivity index (χ1n) is 10.3. The third-order valence-corrected chi connectivity index (χ3v) is 5.30. The molecule has 10 heteroatoms. The standard InChI is InChI=1S/C20H32N4O6/c1-20(2,3)9-14(23-18(28)15(11-4-5-11)24-19(29)30)17(27)22-13(10-25)8-12-6-7-21-16(12)26/h10-15,24H,4-9H2,1-3H3,(H,21,26)(H,22,27)(H,23,28)(H,29,30)/t12-,13-,14-,15-/m0/s1. The maximum atomic E-state index is 12.9. The lowest BCUT2D eigenvalue weighted by Crippen LogP contribution is -2.56. The van der Waals surface area contributed by atoms with Crippen LogP contribution in [0, 0.1) is 17.3 Å². The molecular formula is C20H32N4O6. The van der Waals surface area contributed by atoms with Gasteiger partial charge < -0.3 is 31.2 Å². The van der Waals surface area contributed by atoms with Crippen LogP contribution in [0.4, 0.5) is 4.79 Å². The summed E-state index contributed by atoms with van der Waals surface area (Å²) in [5, 5.41) is 19.2. The van der Waals surface area contributed by atoms with E-state index in [1.54, 1.807) is 0 Å². The Labute approximate surface area is 175 Å². The van der Waals surface area contributed by atoms with Crippen LogP contribution in [0.5, 0.6) is 0 Å². The molecule has 0 aromatic heterocycles. The highest BCUT2D eigenvalue weighted by Gasteiger charge is 2.39.